The van der Waals surface area contributed by atoms with Gasteiger partial charge in [-0.2, -0.15) is 0 Å². The summed E-state index contributed by atoms with van der Waals surface area (Å²) in [5, 5.41) is 19.3. The third-order valence-electron chi connectivity index (χ3n) is 3.18. The largest absolute Gasteiger partial charge is 0.390 e. The van der Waals surface area contributed by atoms with Crippen LogP contribution in [0.1, 0.15) is 33.6 Å². The van der Waals surface area contributed by atoms with Crippen LogP contribution < -0.4 is 0 Å². The highest BCUT2D eigenvalue weighted by Gasteiger charge is 2.36. The van der Waals surface area contributed by atoms with Crippen LogP contribution in [0.2, 0.25) is 0 Å². The molecule has 0 radical (unpaired) electrons. The van der Waals surface area contributed by atoms with Crippen LogP contribution in [-0.2, 0) is 0 Å². The molecule has 1 fully saturated rings. The summed E-state index contributed by atoms with van der Waals surface area (Å²) < 4.78 is 0. The van der Waals surface area contributed by atoms with Crippen molar-refractivity contribution >= 4 is 0 Å². The van der Waals surface area contributed by atoms with Gasteiger partial charge in [-0.3, -0.25) is 0 Å². The predicted octanol–water partition coefficient (Wildman–Crippen LogP) is 1.41. The van der Waals surface area contributed by atoms with Gasteiger partial charge >= 0.3 is 0 Å². The SMILES string of the molecule is CC(C)[C@H]1CC[C@H](C)[C@@H](O)[C@H]1O. The molecule has 1 saturated carbocycles. The van der Waals surface area contributed by atoms with E-state index in [9.17, 15) is 10.2 Å². The first kappa shape index (κ1) is 10.0. The van der Waals surface area contributed by atoms with E-state index in [0.717, 1.165) is 12.8 Å². The van der Waals surface area contributed by atoms with E-state index < -0.39 is 12.2 Å². The topological polar surface area (TPSA) is 40.5 Å². The Morgan fingerprint density at radius 1 is 1.08 bits per heavy atom. The molecule has 0 unspecified atom stereocenters. The molecule has 12 heavy (non-hydrogen) atoms. The van der Waals surface area contributed by atoms with Crippen molar-refractivity contribution in [3.63, 3.8) is 0 Å². The molecule has 2 heteroatoms. The predicted molar refractivity (Wildman–Crippen MR) is 48.7 cm³/mol. The lowest BCUT2D eigenvalue weighted by atomic mass is 9.74. The second-order valence-corrected chi connectivity index (χ2v) is 4.44. The van der Waals surface area contributed by atoms with Gasteiger partial charge in [-0.1, -0.05) is 20.8 Å². The molecule has 4 atom stereocenters. The lowest BCUT2D eigenvalue weighted by Gasteiger charge is -2.38. The first-order valence-corrected chi connectivity index (χ1v) is 4.90. The standard InChI is InChI=1S/C10H20O2/c1-6(2)8-5-4-7(3)9(11)10(8)12/h6-12H,4-5H2,1-3H3/t7-,8+,9+,10-/m0/s1. The normalized spacial score (nSPS) is 43.5. The second-order valence-electron chi connectivity index (χ2n) is 4.44. The number of aliphatic hydroxyl groups is 2. The summed E-state index contributed by atoms with van der Waals surface area (Å²) in [4.78, 5) is 0. The summed E-state index contributed by atoms with van der Waals surface area (Å²) in [5.74, 6) is 1.02. The Morgan fingerprint density at radius 2 is 1.67 bits per heavy atom. The van der Waals surface area contributed by atoms with E-state index in [2.05, 4.69) is 13.8 Å². The quantitative estimate of drug-likeness (QED) is 0.628. The smallest absolute Gasteiger partial charge is 0.0832 e. The van der Waals surface area contributed by atoms with E-state index in [1.807, 2.05) is 6.92 Å². The van der Waals surface area contributed by atoms with Crippen molar-refractivity contribution in [2.45, 2.75) is 45.8 Å². The maximum atomic E-state index is 9.73. The van der Waals surface area contributed by atoms with Gasteiger partial charge in [0.15, 0.2) is 0 Å². The Labute approximate surface area is 74.6 Å². The summed E-state index contributed by atoms with van der Waals surface area (Å²) in [6.07, 6.45) is 1.08. The molecule has 0 aromatic rings. The third-order valence-corrected chi connectivity index (χ3v) is 3.18. The molecule has 0 aromatic heterocycles. The zero-order valence-corrected chi connectivity index (χ0v) is 8.20. The fourth-order valence-electron chi connectivity index (χ4n) is 2.11. The van der Waals surface area contributed by atoms with Crippen molar-refractivity contribution in [1.29, 1.82) is 0 Å². The highest BCUT2D eigenvalue weighted by atomic mass is 16.3. The minimum absolute atomic E-state index is 0.259. The maximum Gasteiger partial charge on any atom is 0.0832 e. The molecule has 0 spiro atoms. The molecule has 0 aromatic carbocycles. The van der Waals surface area contributed by atoms with Gasteiger partial charge in [-0.25, -0.2) is 0 Å². The van der Waals surface area contributed by atoms with E-state index in [1.54, 1.807) is 0 Å². The summed E-state index contributed by atoms with van der Waals surface area (Å²) in [6, 6.07) is 0. The number of hydrogen-bond acceptors (Lipinski definition) is 2. The molecule has 0 heterocycles. The van der Waals surface area contributed by atoms with E-state index in [1.165, 1.54) is 0 Å². The van der Waals surface area contributed by atoms with Crippen molar-refractivity contribution in [2.24, 2.45) is 17.8 Å². The molecule has 1 aliphatic carbocycles. The second kappa shape index (κ2) is 3.75. The number of rotatable bonds is 1. The van der Waals surface area contributed by atoms with Gasteiger partial charge in [-0.15, -0.1) is 0 Å². The van der Waals surface area contributed by atoms with Crippen LogP contribution in [0.15, 0.2) is 0 Å². The van der Waals surface area contributed by atoms with Gasteiger partial charge in [0.25, 0.3) is 0 Å². The van der Waals surface area contributed by atoms with E-state index >= 15 is 0 Å². The minimum atomic E-state index is -0.508. The molecule has 0 bridgehead atoms. The van der Waals surface area contributed by atoms with Gasteiger partial charge in [0.1, 0.15) is 0 Å². The molecular formula is C10H20O2. The van der Waals surface area contributed by atoms with Crippen LogP contribution in [-0.4, -0.2) is 22.4 Å². The Balaban J connectivity index is 2.58. The molecule has 0 aliphatic heterocycles. The van der Waals surface area contributed by atoms with Crippen molar-refractivity contribution in [3.8, 4) is 0 Å². The van der Waals surface area contributed by atoms with Gasteiger partial charge in [0.05, 0.1) is 12.2 Å². The molecular weight excluding hydrogens is 152 g/mol. The van der Waals surface area contributed by atoms with Crippen molar-refractivity contribution in [1.82, 2.24) is 0 Å². The van der Waals surface area contributed by atoms with Gasteiger partial charge in [0.2, 0.25) is 0 Å². The maximum absolute atomic E-state index is 9.73. The molecule has 0 amide bonds. The number of hydrogen-bond donors (Lipinski definition) is 2. The van der Waals surface area contributed by atoms with Crippen molar-refractivity contribution in [2.75, 3.05) is 0 Å². The Morgan fingerprint density at radius 3 is 2.17 bits per heavy atom. The lowest BCUT2D eigenvalue weighted by Crippen LogP contribution is -2.44. The minimum Gasteiger partial charge on any atom is -0.390 e. The van der Waals surface area contributed by atoms with Crippen LogP contribution in [0, 0.1) is 17.8 Å². The van der Waals surface area contributed by atoms with E-state index in [0.29, 0.717) is 5.92 Å². The van der Waals surface area contributed by atoms with Crippen molar-refractivity contribution in [3.05, 3.63) is 0 Å². The van der Waals surface area contributed by atoms with Crippen LogP contribution in [0.3, 0.4) is 0 Å². The van der Waals surface area contributed by atoms with Gasteiger partial charge < -0.3 is 10.2 Å². The first-order valence-electron chi connectivity index (χ1n) is 4.90. The first-order chi connectivity index (χ1) is 5.54. The molecule has 2 nitrogen and oxygen atoms in total. The third kappa shape index (κ3) is 1.80. The monoisotopic (exact) mass is 172 g/mol. The fraction of sp³-hybridized carbons (Fsp3) is 1.00. The van der Waals surface area contributed by atoms with E-state index in [-0.39, 0.29) is 11.8 Å². The average Bonchev–Trinajstić information content (AvgIpc) is 2.00. The highest BCUT2D eigenvalue weighted by Crippen LogP contribution is 2.33. The van der Waals surface area contributed by atoms with Crippen LogP contribution in [0.5, 0.6) is 0 Å². The molecule has 2 N–H and O–H groups in total. The van der Waals surface area contributed by atoms with Gasteiger partial charge in [-0.05, 0) is 30.6 Å². The zero-order valence-electron chi connectivity index (χ0n) is 8.20. The summed E-state index contributed by atoms with van der Waals surface area (Å²) in [6.45, 7) is 6.22. The van der Waals surface area contributed by atoms with Crippen LogP contribution >= 0.6 is 0 Å². The van der Waals surface area contributed by atoms with Crippen LogP contribution in [0.4, 0.5) is 0 Å². The molecule has 1 rings (SSSR count). The fourth-order valence-corrected chi connectivity index (χ4v) is 2.11. The molecule has 1 aliphatic rings. The molecule has 0 saturated heterocycles. The average molecular weight is 172 g/mol. The van der Waals surface area contributed by atoms with Crippen LogP contribution in [0.25, 0.3) is 0 Å². The Hall–Kier alpha value is -0.0800. The number of aliphatic hydroxyl groups excluding tert-OH is 2. The lowest BCUT2D eigenvalue weighted by molar-refractivity contribution is -0.0832. The zero-order chi connectivity index (χ0) is 9.30. The van der Waals surface area contributed by atoms with Gasteiger partial charge in [0, 0.05) is 0 Å². The Kier molecular flexibility index (Phi) is 3.13. The summed E-state index contributed by atoms with van der Waals surface area (Å²) >= 11 is 0. The summed E-state index contributed by atoms with van der Waals surface area (Å²) in [5.41, 5.74) is 0. The Bertz CT molecular complexity index is 145. The van der Waals surface area contributed by atoms with Crippen molar-refractivity contribution < 1.29 is 10.2 Å². The van der Waals surface area contributed by atoms with E-state index in [4.69, 9.17) is 0 Å². The summed E-state index contributed by atoms with van der Waals surface area (Å²) in [7, 11) is 0. The molecule has 72 valence electrons. The highest BCUT2D eigenvalue weighted by molar-refractivity contribution is 4.86.